The maximum absolute atomic E-state index is 12.2. The maximum atomic E-state index is 12.2. The fourth-order valence-corrected chi connectivity index (χ4v) is 2.91. The quantitative estimate of drug-likeness (QED) is 0.871. The molecule has 0 atom stereocenters. The number of nitrogens with one attached hydrogen (secondary N) is 1. The molecule has 1 aromatic heterocycles. The predicted molar refractivity (Wildman–Crippen MR) is 87.8 cm³/mol. The Morgan fingerprint density at radius 2 is 1.84 bits per heavy atom. The van der Waals surface area contributed by atoms with Gasteiger partial charge in [0.05, 0.1) is 11.4 Å². The Balaban J connectivity index is 1.91. The van der Waals surface area contributed by atoms with Crippen LogP contribution in [0.5, 0.6) is 5.75 Å². The van der Waals surface area contributed by atoms with E-state index in [-0.39, 0.29) is 18.2 Å². The van der Waals surface area contributed by atoms with Crippen molar-refractivity contribution in [3.8, 4) is 5.75 Å². The van der Waals surface area contributed by atoms with E-state index in [9.17, 15) is 22.8 Å². The Bertz CT molecular complexity index is 757. The number of ether oxygens (including phenoxy) is 1. The molecule has 134 valence electrons. The SMILES string of the molecule is Cc1ccsc1C(=O)N(C)CC(=O)Nc1ccc(OC(F)(F)F)cc1. The molecule has 0 aliphatic heterocycles. The van der Waals surface area contributed by atoms with E-state index in [0.717, 1.165) is 17.7 Å². The number of rotatable bonds is 5. The monoisotopic (exact) mass is 372 g/mol. The summed E-state index contributed by atoms with van der Waals surface area (Å²) in [7, 11) is 1.50. The average Bonchev–Trinajstić information content (AvgIpc) is 2.93. The van der Waals surface area contributed by atoms with Crippen molar-refractivity contribution < 1.29 is 27.5 Å². The molecule has 0 aliphatic carbocycles. The summed E-state index contributed by atoms with van der Waals surface area (Å²) in [5.74, 6) is -1.11. The van der Waals surface area contributed by atoms with E-state index in [2.05, 4.69) is 10.1 Å². The van der Waals surface area contributed by atoms with Gasteiger partial charge in [0.15, 0.2) is 0 Å². The van der Waals surface area contributed by atoms with Crippen molar-refractivity contribution >= 4 is 28.8 Å². The molecule has 0 spiro atoms. The fourth-order valence-electron chi connectivity index (χ4n) is 1.99. The third-order valence-corrected chi connectivity index (χ3v) is 4.16. The van der Waals surface area contributed by atoms with Crippen molar-refractivity contribution in [2.45, 2.75) is 13.3 Å². The van der Waals surface area contributed by atoms with Crippen molar-refractivity contribution in [2.75, 3.05) is 18.9 Å². The number of aryl methyl sites for hydroxylation is 1. The van der Waals surface area contributed by atoms with Crippen LogP contribution in [0.15, 0.2) is 35.7 Å². The van der Waals surface area contributed by atoms with Crippen LogP contribution in [-0.2, 0) is 4.79 Å². The second-order valence-electron chi connectivity index (χ2n) is 5.21. The topological polar surface area (TPSA) is 58.6 Å². The Hall–Kier alpha value is -2.55. The van der Waals surface area contributed by atoms with Crippen molar-refractivity contribution in [1.82, 2.24) is 4.90 Å². The van der Waals surface area contributed by atoms with Gasteiger partial charge in [-0.1, -0.05) is 0 Å². The number of carbonyl (C=O) groups excluding carboxylic acids is 2. The van der Waals surface area contributed by atoms with Gasteiger partial charge >= 0.3 is 6.36 Å². The number of benzene rings is 1. The van der Waals surface area contributed by atoms with Gasteiger partial charge < -0.3 is 15.0 Å². The second-order valence-corrected chi connectivity index (χ2v) is 6.13. The smallest absolute Gasteiger partial charge is 0.406 e. The van der Waals surface area contributed by atoms with E-state index in [1.54, 1.807) is 5.38 Å². The highest BCUT2D eigenvalue weighted by atomic mass is 32.1. The molecule has 0 fully saturated rings. The molecular weight excluding hydrogens is 357 g/mol. The highest BCUT2D eigenvalue weighted by molar-refractivity contribution is 7.12. The molecule has 2 rings (SSSR count). The van der Waals surface area contributed by atoms with Crippen LogP contribution in [-0.4, -0.2) is 36.7 Å². The Morgan fingerprint density at radius 3 is 2.36 bits per heavy atom. The summed E-state index contributed by atoms with van der Waals surface area (Å²) >= 11 is 1.29. The number of thiophene rings is 1. The van der Waals surface area contributed by atoms with Gasteiger partial charge in [0, 0.05) is 12.7 Å². The molecule has 0 saturated carbocycles. The zero-order valence-corrected chi connectivity index (χ0v) is 14.2. The van der Waals surface area contributed by atoms with Crippen molar-refractivity contribution in [3.05, 3.63) is 46.2 Å². The zero-order chi connectivity index (χ0) is 18.6. The lowest BCUT2D eigenvalue weighted by Crippen LogP contribution is -2.34. The summed E-state index contributed by atoms with van der Waals surface area (Å²) in [5, 5.41) is 4.30. The summed E-state index contributed by atoms with van der Waals surface area (Å²) in [5.41, 5.74) is 1.13. The first kappa shape index (κ1) is 18.8. The Labute approximate surface area is 146 Å². The largest absolute Gasteiger partial charge is 0.573 e. The van der Waals surface area contributed by atoms with E-state index >= 15 is 0 Å². The van der Waals surface area contributed by atoms with Crippen LogP contribution >= 0.6 is 11.3 Å². The minimum absolute atomic E-state index is 0.184. The van der Waals surface area contributed by atoms with E-state index in [1.807, 2.05) is 13.0 Å². The molecule has 0 saturated heterocycles. The number of alkyl halides is 3. The highest BCUT2D eigenvalue weighted by Gasteiger charge is 2.31. The number of carbonyl (C=O) groups is 2. The molecule has 0 aliphatic rings. The minimum Gasteiger partial charge on any atom is -0.406 e. The predicted octanol–water partition coefficient (Wildman–Crippen LogP) is 3.67. The molecule has 9 heteroatoms. The van der Waals surface area contributed by atoms with Crippen LogP contribution in [0.2, 0.25) is 0 Å². The number of amides is 2. The molecule has 5 nitrogen and oxygen atoms in total. The molecule has 1 heterocycles. The van der Waals surface area contributed by atoms with E-state index < -0.39 is 12.3 Å². The molecule has 25 heavy (non-hydrogen) atoms. The van der Waals surface area contributed by atoms with Crippen molar-refractivity contribution in [3.63, 3.8) is 0 Å². The van der Waals surface area contributed by atoms with E-state index in [1.165, 1.54) is 35.4 Å². The lowest BCUT2D eigenvalue weighted by Gasteiger charge is -2.16. The lowest BCUT2D eigenvalue weighted by molar-refractivity contribution is -0.274. The van der Waals surface area contributed by atoms with Gasteiger partial charge in [-0.25, -0.2) is 0 Å². The van der Waals surface area contributed by atoms with Crippen LogP contribution in [0, 0.1) is 6.92 Å². The number of nitrogens with zero attached hydrogens (tertiary/aromatic N) is 1. The summed E-state index contributed by atoms with van der Waals surface area (Å²) in [6.45, 7) is 1.62. The van der Waals surface area contributed by atoms with E-state index in [0.29, 0.717) is 10.6 Å². The van der Waals surface area contributed by atoms with Gasteiger partial charge in [-0.2, -0.15) is 0 Å². The molecule has 0 radical (unpaired) electrons. The first-order valence-corrected chi connectivity index (χ1v) is 7.99. The minimum atomic E-state index is -4.77. The summed E-state index contributed by atoms with van der Waals surface area (Å²) in [6, 6.07) is 6.56. The standard InChI is InChI=1S/C16H15F3N2O3S/c1-10-7-8-25-14(10)15(23)21(2)9-13(22)20-11-3-5-12(6-4-11)24-16(17,18)19/h3-8H,9H2,1-2H3,(H,20,22). The van der Waals surface area contributed by atoms with Crippen molar-refractivity contribution in [1.29, 1.82) is 0 Å². The number of anilines is 1. The Kier molecular flexibility index (Phi) is 5.68. The van der Waals surface area contributed by atoms with Crippen LogP contribution in [0.1, 0.15) is 15.2 Å². The van der Waals surface area contributed by atoms with Gasteiger partial charge in [0.1, 0.15) is 5.75 Å². The van der Waals surface area contributed by atoms with Gasteiger partial charge in [-0.3, -0.25) is 9.59 Å². The third kappa shape index (κ3) is 5.49. The third-order valence-electron chi connectivity index (χ3n) is 3.16. The van der Waals surface area contributed by atoms with Gasteiger partial charge in [-0.05, 0) is 48.2 Å². The number of halogens is 3. The summed E-state index contributed by atoms with van der Waals surface area (Å²) < 4.78 is 40.0. The number of hydrogen-bond acceptors (Lipinski definition) is 4. The molecule has 1 aromatic carbocycles. The molecular formula is C16H15F3N2O3S. The summed E-state index contributed by atoms with van der Waals surface area (Å²) in [6.07, 6.45) is -4.77. The Morgan fingerprint density at radius 1 is 1.20 bits per heavy atom. The van der Waals surface area contributed by atoms with Gasteiger partial charge in [0.25, 0.3) is 5.91 Å². The van der Waals surface area contributed by atoms with Crippen molar-refractivity contribution in [2.24, 2.45) is 0 Å². The van der Waals surface area contributed by atoms with Gasteiger partial charge in [-0.15, -0.1) is 24.5 Å². The zero-order valence-electron chi connectivity index (χ0n) is 13.4. The number of likely N-dealkylation sites (N-methyl/N-ethyl adjacent to an activating group) is 1. The van der Waals surface area contributed by atoms with Gasteiger partial charge in [0.2, 0.25) is 5.91 Å². The lowest BCUT2D eigenvalue weighted by atomic mass is 10.2. The highest BCUT2D eigenvalue weighted by Crippen LogP contribution is 2.24. The van der Waals surface area contributed by atoms with Crippen LogP contribution < -0.4 is 10.1 Å². The molecule has 0 unspecified atom stereocenters. The first-order valence-electron chi connectivity index (χ1n) is 7.11. The molecule has 2 amide bonds. The molecule has 1 N–H and O–H groups in total. The maximum Gasteiger partial charge on any atom is 0.573 e. The first-order chi connectivity index (χ1) is 11.7. The average molecular weight is 372 g/mol. The number of hydrogen-bond donors (Lipinski definition) is 1. The van der Waals surface area contributed by atoms with Crippen LogP contribution in [0.25, 0.3) is 0 Å². The fraction of sp³-hybridized carbons (Fsp3) is 0.250. The summed E-state index contributed by atoms with van der Waals surface area (Å²) in [4.78, 5) is 26.0. The second kappa shape index (κ2) is 7.56. The normalized spacial score (nSPS) is 11.1. The molecule has 0 bridgehead atoms. The van der Waals surface area contributed by atoms with E-state index in [4.69, 9.17) is 0 Å². The van der Waals surface area contributed by atoms with Crippen LogP contribution in [0.4, 0.5) is 18.9 Å². The van der Waals surface area contributed by atoms with Crippen LogP contribution in [0.3, 0.4) is 0 Å². The molecule has 2 aromatic rings.